The maximum absolute atomic E-state index is 14.7. The Labute approximate surface area is 169 Å². The third kappa shape index (κ3) is 4.65. The predicted octanol–water partition coefficient (Wildman–Crippen LogP) is 4.99. The molecule has 0 atom stereocenters. The third-order valence-corrected chi connectivity index (χ3v) is 5.24. The van der Waals surface area contributed by atoms with Crippen molar-refractivity contribution >= 4 is 28.4 Å². The van der Waals surface area contributed by atoms with Crippen molar-refractivity contribution in [3.63, 3.8) is 0 Å². The van der Waals surface area contributed by atoms with Crippen LogP contribution < -0.4 is 15.5 Å². The first kappa shape index (κ1) is 19.2. The molecule has 150 valence electrons. The van der Waals surface area contributed by atoms with Gasteiger partial charge in [0.05, 0.1) is 0 Å². The summed E-state index contributed by atoms with van der Waals surface area (Å²) in [6.07, 6.45) is 3.52. The van der Waals surface area contributed by atoms with Crippen molar-refractivity contribution in [2.24, 2.45) is 0 Å². The van der Waals surface area contributed by atoms with Crippen molar-refractivity contribution in [3.05, 3.63) is 65.5 Å². The molecular formula is C23H25FN4O. The van der Waals surface area contributed by atoms with E-state index in [-0.39, 0.29) is 6.03 Å². The number of rotatable bonds is 4. The molecular weight excluding hydrogens is 367 g/mol. The molecule has 0 spiro atoms. The first-order valence-corrected chi connectivity index (χ1v) is 10.0. The van der Waals surface area contributed by atoms with E-state index in [2.05, 4.69) is 20.5 Å². The number of anilines is 2. The number of nitrogens with zero attached hydrogens (tertiary/aromatic N) is 2. The number of benzene rings is 2. The molecule has 2 N–H and O–H groups in total. The Hall–Kier alpha value is -3.15. The SMILES string of the molecule is Cc1ccc(CNC(=O)Nc2cc(F)c3nc(N4CCCCC4)ccc3c2)cc1. The number of carbonyl (C=O) groups excluding carboxylic acids is 1. The highest BCUT2D eigenvalue weighted by atomic mass is 19.1. The van der Waals surface area contributed by atoms with E-state index in [9.17, 15) is 9.18 Å². The standard InChI is InChI=1S/C23H25FN4O/c1-16-5-7-17(8-6-16)15-25-23(29)26-19-13-18-9-10-21(27-22(18)20(24)14-19)28-11-3-2-4-12-28/h5-10,13-14H,2-4,11-12,15H2,1H3,(H2,25,26,29). The van der Waals surface area contributed by atoms with Gasteiger partial charge < -0.3 is 15.5 Å². The number of pyridine rings is 1. The van der Waals surface area contributed by atoms with Crippen LogP contribution in [0, 0.1) is 12.7 Å². The summed E-state index contributed by atoms with van der Waals surface area (Å²) < 4.78 is 14.7. The number of aryl methyl sites for hydroxylation is 1. The van der Waals surface area contributed by atoms with Gasteiger partial charge in [-0.3, -0.25) is 0 Å². The number of carbonyl (C=O) groups is 1. The molecule has 0 unspecified atom stereocenters. The molecule has 6 heteroatoms. The van der Waals surface area contributed by atoms with Crippen molar-refractivity contribution in [2.75, 3.05) is 23.3 Å². The first-order valence-electron chi connectivity index (χ1n) is 10.0. The van der Waals surface area contributed by atoms with E-state index in [0.717, 1.165) is 37.3 Å². The Morgan fingerprint density at radius 3 is 2.59 bits per heavy atom. The van der Waals surface area contributed by atoms with E-state index in [1.54, 1.807) is 6.07 Å². The van der Waals surface area contributed by atoms with Crippen LogP contribution in [-0.2, 0) is 6.54 Å². The van der Waals surface area contributed by atoms with Crippen molar-refractivity contribution in [2.45, 2.75) is 32.7 Å². The van der Waals surface area contributed by atoms with Gasteiger partial charge in [0.25, 0.3) is 0 Å². The summed E-state index contributed by atoms with van der Waals surface area (Å²) in [7, 11) is 0. The number of halogens is 1. The highest BCUT2D eigenvalue weighted by Crippen LogP contribution is 2.26. The van der Waals surface area contributed by atoms with Gasteiger partial charge in [-0.25, -0.2) is 14.2 Å². The number of aromatic nitrogens is 1. The van der Waals surface area contributed by atoms with Crippen molar-refractivity contribution in [1.29, 1.82) is 0 Å². The van der Waals surface area contributed by atoms with Crippen LogP contribution in [-0.4, -0.2) is 24.1 Å². The predicted molar refractivity (Wildman–Crippen MR) is 115 cm³/mol. The summed E-state index contributed by atoms with van der Waals surface area (Å²) in [5.41, 5.74) is 2.91. The highest BCUT2D eigenvalue weighted by molar-refractivity contribution is 5.93. The first-order chi connectivity index (χ1) is 14.1. The van der Waals surface area contributed by atoms with Gasteiger partial charge in [0.15, 0.2) is 5.82 Å². The number of hydrogen-bond acceptors (Lipinski definition) is 3. The second kappa shape index (κ2) is 8.47. The monoisotopic (exact) mass is 392 g/mol. The minimum atomic E-state index is -0.435. The van der Waals surface area contributed by atoms with E-state index in [4.69, 9.17) is 0 Å². The van der Waals surface area contributed by atoms with Crippen LogP contribution in [0.15, 0.2) is 48.5 Å². The molecule has 2 aromatic carbocycles. The Morgan fingerprint density at radius 1 is 1.07 bits per heavy atom. The maximum Gasteiger partial charge on any atom is 0.319 e. The zero-order chi connectivity index (χ0) is 20.2. The van der Waals surface area contributed by atoms with Crippen LogP contribution in [0.2, 0.25) is 0 Å². The van der Waals surface area contributed by atoms with Gasteiger partial charge in [-0.2, -0.15) is 0 Å². The van der Waals surface area contributed by atoms with Gasteiger partial charge >= 0.3 is 6.03 Å². The number of urea groups is 1. The fourth-order valence-electron chi connectivity index (χ4n) is 3.62. The largest absolute Gasteiger partial charge is 0.357 e. The number of fused-ring (bicyclic) bond motifs is 1. The second-order valence-corrected chi connectivity index (χ2v) is 7.54. The topological polar surface area (TPSA) is 57.3 Å². The zero-order valence-corrected chi connectivity index (χ0v) is 16.5. The molecule has 0 bridgehead atoms. The Morgan fingerprint density at radius 2 is 1.83 bits per heavy atom. The molecule has 0 saturated carbocycles. The smallest absolute Gasteiger partial charge is 0.319 e. The summed E-state index contributed by atoms with van der Waals surface area (Å²) in [5.74, 6) is 0.378. The number of amides is 2. The molecule has 4 rings (SSSR count). The summed E-state index contributed by atoms with van der Waals surface area (Å²) in [5, 5.41) is 6.16. The van der Waals surface area contributed by atoms with Crippen molar-refractivity contribution < 1.29 is 9.18 Å². The van der Waals surface area contributed by atoms with Gasteiger partial charge in [-0.15, -0.1) is 0 Å². The van der Waals surface area contributed by atoms with Crippen LogP contribution in [0.3, 0.4) is 0 Å². The molecule has 2 amide bonds. The summed E-state index contributed by atoms with van der Waals surface area (Å²) >= 11 is 0. The normalized spacial score (nSPS) is 14.1. The van der Waals surface area contributed by atoms with E-state index >= 15 is 0 Å². The molecule has 1 aliphatic rings. The lowest BCUT2D eigenvalue weighted by Gasteiger charge is -2.27. The highest BCUT2D eigenvalue weighted by Gasteiger charge is 2.14. The van der Waals surface area contributed by atoms with E-state index in [0.29, 0.717) is 23.1 Å². The molecule has 0 radical (unpaired) electrons. The Bertz CT molecular complexity index is 1010. The Balaban J connectivity index is 1.45. The van der Waals surface area contributed by atoms with Crippen LogP contribution in [0.1, 0.15) is 30.4 Å². The van der Waals surface area contributed by atoms with Gasteiger partial charge in [-0.05, 0) is 56.0 Å². The van der Waals surface area contributed by atoms with Crippen LogP contribution in [0.5, 0.6) is 0 Å². The second-order valence-electron chi connectivity index (χ2n) is 7.54. The third-order valence-electron chi connectivity index (χ3n) is 5.24. The molecule has 29 heavy (non-hydrogen) atoms. The molecule has 1 aromatic heterocycles. The number of piperidine rings is 1. The van der Waals surface area contributed by atoms with Crippen molar-refractivity contribution in [1.82, 2.24) is 10.3 Å². The van der Waals surface area contributed by atoms with E-state index in [1.165, 1.54) is 18.1 Å². The minimum Gasteiger partial charge on any atom is -0.357 e. The van der Waals surface area contributed by atoms with E-state index < -0.39 is 5.82 Å². The maximum atomic E-state index is 14.7. The van der Waals surface area contributed by atoms with Gasteiger partial charge in [-0.1, -0.05) is 29.8 Å². The number of hydrogen-bond donors (Lipinski definition) is 2. The Kier molecular flexibility index (Phi) is 5.60. The fourth-order valence-corrected chi connectivity index (χ4v) is 3.62. The van der Waals surface area contributed by atoms with Crippen LogP contribution in [0.25, 0.3) is 10.9 Å². The van der Waals surface area contributed by atoms with Crippen LogP contribution in [0.4, 0.5) is 20.7 Å². The van der Waals surface area contributed by atoms with Crippen molar-refractivity contribution in [3.8, 4) is 0 Å². The zero-order valence-electron chi connectivity index (χ0n) is 16.5. The lowest BCUT2D eigenvalue weighted by Crippen LogP contribution is -2.30. The summed E-state index contributed by atoms with van der Waals surface area (Å²) in [6.45, 7) is 4.34. The molecule has 1 aliphatic heterocycles. The quantitative estimate of drug-likeness (QED) is 0.657. The molecule has 1 saturated heterocycles. The van der Waals surface area contributed by atoms with Crippen LogP contribution >= 0.6 is 0 Å². The number of nitrogens with one attached hydrogen (secondary N) is 2. The summed E-state index contributed by atoms with van der Waals surface area (Å²) in [6, 6.07) is 14.4. The lowest BCUT2D eigenvalue weighted by molar-refractivity contribution is 0.251. The minimum absolute atomic E-state index is 0.332. The lowest BCUT2D eigenvalue weighted by atomic mass is 10.1. The fraction of sp³-hybridized carbons (Fsp3) is 0.304. The van der Waals surface area contributed by atoms with Gasteiger partial charge in [0.2, 0.25) is 0 Å². The summed E-state index contributed by atoms with van der Waals surface area (Å²) in [4.78, 5) is 18.9. The molecule has 3 aromatic rings. The molecule has 2 heterocycles. The average molecular weight is 392 g/mol. The average Bonchev–Trinajstić information content (AvgIpc) is 2.74. The molecule has 5 nitrogen and oxygen atoms in total. The molecule has 1 fully saturated rings. The molecule has 0 aliphatic carbocycles. The van der Waals surface area contributed by atoms with Gasteiger partial charge in [0.1, 0.15) is 11.3 Å². The van der Waals surface area contributed by atoms with Gasteiger partial charge in [0, 0.05) is 30.7 Å². The van der Waals surface area contributed by atoms with E-state index in [1.807, 2.05) is 43.3 Å².